The SMILES string of the molecule is CCS(=O)(=O)N1CC[C@@]2(CCCO2)[C@@H](O)C1. The zero-order chi connectivity index (χ0) is 11.8. The van der Waals surface area contributed by atoms with Gasteiger partial charge in [-0.3, -0.25) is 0 Å². The van der Waals surface area contributed by atoms with E-state index in [1.807, 2.05) is 0 Å². The summed E-state index contributed by atoms with van der Waals surface area (Å²) in [6.07, 6.45) is 1.71. The van der Waals surface area contributed by atoms with Crippen LogP contribution in [0.15, 0.2) is 0 Å². The average molecular weight is 249 g/mol. The van der Waals surface area contributed by atoms with Gasteiger partial charge in [-0.05, 0) is 26.2 Å². The Morgan fingerprint density at radius 2 is 2.25 bits per heavy atom. The maximum atomic E-state index is 11.7. The molecule has 0 aromatic carbocycles. The molecule has 2 heterocycles. The summed E-state index contributed by atoms with van der Waals surface area (Å²) in [6.45, 7) is 2.94. The molecule has 2 saturated heterocycles. The van der Waals surface area contributed by atoms with Gasteiger partial charge in [0.15, 0.2) is 0 Å². The first-order valence-corrected chi connectivity index (χ1v) is 7.41. The topological polar surface area (TPSA) is 66.8 Å². The van der Waals surface area contributed by atoms with Crippen molar-refractivity contribution < 1.29 is 18.3 Å². The molecule has 0 amide bonds. The zero-order valence-electron chi connectivity index (χ0n) is 9.55. The summed E-state index contributed by atoms with van der Waals surface area (Å²) >= 11 is 0. The van der Waals surface area contributed by atoms with Gasteiger partial charge in [-0.1, -0.05) is 0 Å². The van der Waals surface area contributed by atoms with Crippen LogP contribution in [0.4, 0.5) is 0 Å². The van der Waals surface area contributed by atoms with Crippen LogP contribution in [0, 0.1) is 0 Å². The van der Waals surface area contributed by atoms with E-state index in [9.17, 15) is 13.5 Å². The van der Waals surface area contributed by atoms with Crippen LogP contribution in [0.2, 0.25) is 0 Å². The Morgan fingerprint density at radius 1 is 1.50 bits per heavy atom. The Bertz CT molecular complexity index is 348. The minimum atomic E-state index is -3.18. The molecule has 0 saturated carbocycles. The standard InChI is InChI=1S/C10H19NO4S/c1-2-16(13,14)11-6-5-10(9(12)8-11)4-3-7-15-10/h9,12H,2-8H2,1H3/t9-,10-/m0/s1. The molecule has 0 aliphatic carbocycles. The molecule has 1 spiro atoms. The monoisotopic (exact) mass is 249 g/mol. The molecule has 0 aromatic heterocycles. The maximum absolute atomic E-state index is 11.7. The molecule has 16 heavy (non-hydrogen) atoms. The number of β-amino-alcohol motifs (C(OH)–C–C–N with tert-alkyl or cyclic N) is 1. The molecule has 0 aromatic rings. The molecule has 2 rings (SSSR count). The minimum absolute atomic E-state index is 0.0909. The van der Waals surface area contributed by atoms with E-state index in [1.165, 1.54) is 4.31 Å². The fraction of sp³-hybridized carbons (Fsp3) is 1.00. The van der Waals surface area contributed by atoms with Gasteiger partial charge in [0.25, 0.3) is 0 Å². The Hall–Kier alpha value is -0.170. The van der Waals surface area contributed by atoms with Gasteiger partial charge in [-0.25, -0.2) is 8.42 Å². The lowest BCUT2D eigenvalue weighted by atomic mass is 9.87. The van der Waals surface area contributed by atoms with Crippen LogP contribution < -0.4 is 0 Å². The third-order valence-corrected chi connectivity index (χ3v) is 5.51. The Morgan fingerprint density at radius 3 is 2.75 bits per heavy atom. The van der Waals surface area contributed by atoms with Gasteiger partial charge in [-0.2, -0.15) is 4.31 Å². The van der Waals surface area contributed by atoms with Gasteiger partial charge >= 0.3 is 0 Å². The van der Waals surface area contributed by atoms with E-state index >= 15 is 0 Å². The van der Waals surface area contributed by atoms with Crippen LogP contribution in [-0.2, 0) is 14.8 Å². The zero-order valence-corrected chi connectivity index (χ0v) is 10.4. The Balaban J connectivity index is 2.08. The summed E-state index contributed by atoms with van der Waals surface area (Å²) < 4.78 is 30.4. The van der Waals surface area contributed by atoms with Gasteiger partial charge in [0.2, 0.25) is 10.0 Å². The maximum Gasteiger partial charge on any atom is 0.213 e. The van der Waals surface area contributed by atoms with Gasteiger partial charge in [0.1, 0.15) is 0 Å². The summed E-state index contributed by atoms with van der Waals surface area (Å²) in [6, 6.07) is 0. The number of hydrogen-bond acceptors (Lipinski definition) is 4. The number of ether oxygens (including phenoxy) is 1. The van der Waals surface area contributed by atoms with Crippen molar-refractivity contribution in [2.24, 2.45) is 0 Å². The predicted molar refractivity (Wildman–Crippen MR) is 59.6 cm³/mol. The molecule has 94 valence electrons. The van der Waals surface area contributed by atoms with E-state index in [1.54, 1.807) is 6.92 Å². The largest absolute Gasteiger partial charge is 0.389 e. The number of rotatable bonds is 2. The van der Waals surface area contributed by atoms with Crippen molar-refractivity contribution in [2.75, 3.05) is 25.4 Å². The van der Waals surface area contributed by atoms with Crippen molar-refractivity contribution >= 4 is 10.0 Å². The summed E-state index contributed by atoms with van der Waals surface area (Å²) in [4.78, 5) is 0. The predicted octanol–water partition coefficient (Wildman–Crippen LogP) is -0.0481. The highest BCUT2D eigenvalue weighted by atomic mass is 32.2. The first-order chi connectivity index (χ1) is 7.50. The summed E-state index contributed by atoms with van der Waals surface area (Å²) in [5, 5.41) is 10.1. The van der Waals surface area contributed by atoms with Crippen LogP contribution in [-0.4, -0.2) is 55.0 Å². The molecule has 0 unspecified atom stereocenters. The van der Waals surface area contributed by atoms with Gasteiger partial charge in [-0.15, -0.1) is 0 Å². The number of aliphatic hydroxyl groups is 1. The van der Waals surface area contributed by atoms with Crippen LogP contribution >= 0.6 is 0 Å². The van der Waals surface area contributed by atoms with Crippen molar-refractivity contribution in [1.29, 1.82) is 0 Å². The fourth-order valence-corrected chi connectivity index (χ4v) is 3.65. The number of piperidine rings is 1. The highest BCUT2D eigenvalue weighted by Gasteiger charge is 2.47. The lowest BCUT2D eigenvalue weighted by Crippen LogP contribution is -2.56. The average Bonchev–Trinajstić information content (AvgIpc) is 2.72. The van der Waals surface area contributed by atoms with Gasteiger partial charge in [0.05, 0.1) is 17.5 Å². The second kappa shape index (κ2) is 4.25. The third-order valence-electron chi connectivity index (χ3n) is 3.66. The molecule has 5 nitrogen and oxygen atoms in total. The van der Waals surface area contributed by atoms with E-state index in [0.29, 0.717) is 19.6 Å². The first-order valence-electron chi connectivity index (χ1n) is 5.80. The highest BCUT2D eigenvalue weighted by molar-refractivity contribution is 7.89. The van der Waals surface area contributed by atoms with Crippen LogP contribution in [0.25, 0.3) is 0 Å². The fourth-order valence-electron chi connectivity index (χ4n) is 2.55. The smallest absolute Gasteiger partial charge is 0.213 e. The number of aliphatic hydroxyl groups excluding tert-OH is 1. The molecule has 1 N–H and O–H groups in total. The molecule has 2 atom stereocenters. The third kappa shape index (κ3) is 1.99. The summed E-state index contributed by atoms with van der Waals surface area (Å²) in [5.74, 6) is 0.0909. The van der Waals surface area contributed by atoms with Crippen molar-refractivity contribution in [2.45, 2.75) is 37.9 Å². The van der Waals surface area contributed by atoms with Gasteiger partial charge < -0.3 is 9.84 Å². The molecular weight excluding hydrogens is 230 g/mol. The first kappa shape index (κ1) is 12.3. The molecule has 6 heteroatoms. The van der Waals surface area contributed by atoms with Crippen LogP contribution in [0.1, 0.15) is 26.2 Å². The minimum Gasteiger partial charge on any atom is -0.389 e. The molecule has 2 fully saturated rings. The summed E-state index contributed by atoms with van der Waals surface area (Å²) in [5.41, 5.74) is -0.472. The van der Waals surface area contributed by atoms with E-state index in [-0.39, 0.29) is 12.3 Å². The van der Waals surface area contributed by atoms with Crippen molar-refractivity contribution in [1.82, 2.24) is 4.31 Å². The Labute approximate surface area is 96.4 Å². The van der Waals surface area contributed by atoms with Crippen molar-refractivity contribution in [3.05, 3.63) is 0 Å². The Kier molecular flexibility index (Phi) is 3.27. The molecule has 0 radical (unpaired) electrons. The van der Waals surface area contributed by atoms with Crippen LogP contribution in [0.3, 0.4) is 0 Å². The van der Waals surface area contributed by atoms with Crippen molar-refractivity contribution in [3.63, 3.8) is 0 Å². The van der Waals surface area contributed by atoms with E-state index in [0.717, 1.165) is 12.8 Å². The lowest BCUT2D eigenvalue weighted by Gasteiger charge is -2.41. The molecule has 0 bridgehead atoms. The quantitative estimate of drug-likeness (QED) is 0.745. The summed E-state index contributed by atoms with van der Waals surface area (Å²) in [7, 11) is -3.18. The number of hydrogen-bond donors (Lipinski definition) is 1. The van der Waals surface area contributed by atoms with Crippen molar-refractivity contribution in [3.8, 4) is 0 Å². The second-order valence-electron chi connectivity index (χ2n) is 4.54. The van der Waals surface area contributed by atoms with E-state index in [4.69, 9.17) is 4.74 Å². The normalized spacial score (nSPS) is 37.0. The van der Waals surface area contributed by atoms with Crippen LogP contribution in [0.5, 0.6) is 0 Å². The molecular formula is C10H19NO4S. The highest BCUT2D eigenvalue weighted by Crippen LogP contribution is 2.36. The molecule has 2 aliphatic heterocycles. The van der Waals surface area contributed by atoms with Gasteiger partial charge in [0, 0.05) is 19.7 Å². The lowest BCUT2D eigenvalue weighted by molar-refractivity contribution is -0.117. The second-order valence-corrected chi connectivity index (χ2v) is 6.80. The number of sulfonamides is 1. The van der Waals surface area contributed by atoms with E-state index < -0.39 is 21.7 Å². The molecule has 2 aliphatic rings. The van der Waals surface area contributed by atoms with E-state index in [2.05, 4.69) is 0 Å². The number of nitrogens with zero attached hydrogens (tertiary/aromatic N) is 1.